The number of hydrogen-bond acceptors (Lipinski definition) is 2. The topological polar surface area (TPSA) is 30.7 Å². The van der Waals surface area contributed by atoms with Gasteiger partial charge in [-0.3, -0.25) is 4.57 Å². The monoisotopic (exact) mass is 417 g/mol. The predicted molar refractivity (Wildman–Crippen MR) is 127 cm³/mol. The van der Waals surface area contributed by atoms with Crippen LogP contribution < -0.4 is 0 Å². The summed E-state index contributed by atoms with van der Waals surface area (Å²) in [5, 5.41) is 2.74. The van der Waals surface area contributed by atoms with Gasteiger partial charge in [-0.1, -0.05) is 92.9 Å². The summed E-state index contributed by atoms with van der Waals surface area (Å²) in [6, 6.07) is 18.7. The van der Waals surface area contributed by atoms with E-state index in [1.807, 2.05) is 24.5 Å². The van der Waals surface area contributed by atoms with Gasteiger partial charge >= 0.3 is 0 Å². The molecule has 0 saturated heterocycles. The number of nitrogens with zero attached hydrogens (tertiary/aromatic N) is 3. The predicted octanol–water partition coefficient (Wildman–Crippen LogP) is 7.43. The average molecular weight is 418 g/mol. The quantitative estimate of drug-likeness (QED) is 0.279. The third-order valence-corrected chi connectivity index (χ3v) is 5.90. The first kappa shape index (κ1) is 20.6. The van der Waals surface area contributed by atoms with Gasteiger partial charge in [-0.15, -0.1) is 0 Å². The van der Waals surface area contributed by atoms with Gasteiger partial charge in [0, 0.05) is 16.6 Å². The third kappa shape index (κ3) is 3.99. The van der Waals surface area contributed by atoms with Gasteiger partial charge in [0.1, 0.15) is 17.3 Å². The van der Waals surface area contributed by atoms with Gasteiger partial charge in [0.05, 0.1) is 5.69 Å². The molecule has 0 bridgehead atoms. The molecule has 0 aliphatic rings. The minimum absolute atomic E-state index is 0.528. The maximum Gasteiger partial charge on any atom is 0.147 e. The van der Waals surface area contributed by atoms with Crippen molar-refractivity contribution < 1.29 is 0 Å². The van der Waals surface area contributed by atoms with Gasteiger partial charge in [0.2, 0.25) is 0 Å². The van der Waals surface area contributed by atoms with Gasteiger partial charge in [-0.25, -0.2) is 9.97 Å². The third-order valence-electron chi connectivity index (χ3n) is 5.63. The first-order valence-electron chi connectivity index (χ1n) is 10.9. The Balaban J connectivity index is 1.92. The number of rotatable bonds is 8. The lowest BCUT2D eigenvalue weighted by molar-refractivity contribution is 0.726. The molecule has 0 amide bonds. The first-order valence-corrected chi connectivity index (χ1v) is 11.3. The van der Waals surface area contributed by atoms with Crippen molar-refractivity contribution >= 4 is 22.4 Å². The Morgan fingerprint density at radius 2 is 1.50 bits per heavy atom. The summed E-state index contributed by atoms with van der Waals surface area (Å²) >= 11 is 6.80. The molecule has 4 heteroatoms. The summed E-state index contributed by atoms with van der Waals surface area (Å²) in [6.07, 6.45) is 8.55. The molecule has 0 unspecified atom stereocenters. The van der Waals surface area contributed by atoms with E-state index in [0.717, 1.165) is 59.8 Å². The molecule has 3 nitrogen and oxygen atoms in total. The van der Waals surface area contributed by atoms with Gasteiger partial charge in [-0.2, -0.15) is 0 Å². The highest BCUT2D eigenvalue weighted by Gasteiger charge is 2.19. The van der Waals surface area contributed by atoms with Crippen LogP contribution in [0, 0.1) is 0 Å². The van der Waals surface area contributed by atoms with E-state index in [4.69, 9.17) is 21.6 Å². The van der Waals surface area contributed by atoms with Crippen molar-refractivity contribution in [2.45, 2.75) is 52.4 Å². The molecule has 0 spiro atoms. The highest BCUT2D eigenvalue weighted by molar-refractivity contribution is 6.34. The SMILES string of the molecule is CCCCc1ncn(-c2nc(Cl)c(-c3ccccc3)c3ccccc23)c1CCCC. The zero-order valence-corrected chi connectivity index (χ0v) is 18.5. The Morgan fingerprint density at radius 3 is 2.23 bits per heavy atom. The number of fused-ring (bicyclic) bond motifs is 1. The summed E-state index contributed by atoms with van der Waals surface area (Å²) in [7, 11) is 0. The van der Waals surface area contributed by atoms with Gasteiger partial charge < -0.3 is 0 Å². The van der Waals surface area contributed by atoms with Crippen LogP contribution in [-0.2, 0) is 12.8 Å². The van der Waals surface area contributed by atoms with Crippen molar-refractivity contribution in [1.82, 2.24) is 14.5 Å². The fourth-order valence-corrected chi connectivity index (χ4v) is 4.33. The highest BCUT2D eigenvalue weighted by Crippen LogP contribution is 2.37. The number of aryl methyl sites for hydroxylation is 1. The van der Waals surface area contributed by atoms with E-state index in [1.54, 1.807) is 0 Å². The van der Waals surface area contributed by atoms with E-state index in [9.17, 15) is 0 Å². The van der Waals surface area contributed by atoms with E-state index >= 15 is 0 Å². The van der Waals surface area contributed by atoms with Crippen molar-refractivity contribution in [1.29, 1.82) is 0 Å². The van der Waals surface area contributed by atoms with Crippen LogP contribution in [-0.4, -0.2) is 14.5 Å². The molecular formula is C26H28ClN3. The molecule has 0 radical (unpaired) electrons. The second-order valence-corrected chi connectivity index (χ2v) is 8.09. The molecule has 0 atom stereocenters. The van der Waals surface area contributed by atoms with E-state index < -0.39 is 0 Å². The van der Waals surface area contributed by atoms with Crippen LogP contribution in [0.4, 0.5) is 0 Å². The molecular weight excluding hydrogens is 390 g/mol. The molecule has 2 heterocycles. The fraction of sp³-hybridized carbons (Fsp3) is 0.308. The highest BCUT2D eigenvalue weighted by atomic mass is 35.5. The van der Waals surface area contributed by atoms with Crippen LogP contribution in [0.3, 0.4) is 0 Å². The normalized spacial score (nSPS) is 11.3. The Labute approximate surface area is 183 Å². The number of aromatic nitrogens is 3. The first-order chi connectivity index (χ1) is 14.7. The van der Waals surface area contributed by atoms with E-state index in [2.05, 4.69) is 54.8 Å². The molecule has 4 rings (SSSR count). The van der Waals surface area contributed by atoms with Crippen LogP contribution in [0.2, 0.25) is 5.15 Å². The largest absolute Gasteiger partial charge is 0.287 e. The molecule has 0 N–H and O–H groups in total. The molecule has 0 fully saturated rings. The molecule has 0 saturated carbocycles. The van der Waals surface area contributed by atoms with E-state index in [1.165, 1.54) is 17.8 Å². The van der Waals surface area contributed by atoms with Gasteiger partial charge in [-0.05, 0) is 36.6 Å². The zero-order valence-electron chi connectivity index (χ0n) is 17.7. The Hall–Kier alpha value is -2.65. The number of hydrogen-bond donors (Lipinski definition) is 0. The van der Waals surface area contributed by atoms with Crippen LogP contribution in [0.15, 0.2) is 60.9 Å². The van der Waals surface area contributed by atoms with Crippen molar-refractivity contribution in [2.75, 3.05) is 0 Å². The number of unbranched alkanes of at least 4 members (excludes halogenated alkanes) is 2. The Bertz CT molecular complexity index is 1130. The minimum Gasteiger partial charge on any atom is -0.287 e. The van der Waals surface area contributed by atoms with E-state index in [-0.39, 0.29) is 0 Å². The molecule has 0 aliphatic heterocycles. The summed E-state index contributed by atoms with van der Waals surface area (Å²) in [6.45, 7) is 4.45. The lowest BCUT2D eigenvalue weighted by atomic mass is 10.00. The van der Waals surface area contributed by atoms with Gasteiger partial charge in [0.25, 0.3) is 0 Å². The van der Waals surface area contributed by atoms with Crippen molar-refractivity contribution in [3.63, 3.8) is 0 Å². The van der Waals surface area contributed by atoms with Crippen LogP contribution in [0.1, 0.15) is 50.9 Å². The lowest BCUT2D eigenvalue weighted by Crippen LogP contribution is -2.06. The fourth-order valence-electron chi connectivity index (χ4n) is 4.03. The van der Waals surface area contributed by atoms with E-state index in [0.29, 0.717) is 5.15 Å². The molecule has 4 aromatic rings. The molecule has 0 aliphatic carbocycles. The van der Waals surface area contributed by atoms with Gasteiger partial charge in [0.15, 0.2) is 0 Å². The van der Waals surface area contributed by atoms with Crippen LogP contribution >= 0.6 is 11.6 Å². The summed E-state index contributed by atoms with van der Waals surface area (Å²) in [5.74, 6) is 0.872. The van der Waals surface area contributed by atoms with Crippen molar-refractivity contribution in [3.05, 3.63) is 77.5 Å². The van der Waals surface area contributed by atoms with Crippen molar-refractivity contribution in [2.24, 2.45) is 0 Å². The smallest absolute Gasteiger partial charge is 0.147 e. The molecule has 30 heavy (non-hydrogen) atoms. The molecule has 2 aromatic heterocycles. The molecule has 154 valence electrons. The van der Waals surface area contributed by atoms with Crippen LogP contribution in [0.5, 0.6) is 0 Å². The second kappa shape index (κ2) is 9.44. The average Bonchev–Trinajstić information content (AvgIpc) is 3.18. The summed E-state index contributed by atoms with van der Waals surface area (Å²) < 4.78 is 2.17. The number of pyridine rings is 1. The maximum absolute atomic E-state index is 6.80. The number of halogens is 1. The number of imidazole rings is 1. The Morgan fingerprint density at radius 1 is 0.833 bits per heavy atom. The summed E-state index contributed by atoms with van der Waals surface area (Å²) in [4.78, 5) is 9.68. The second-order valence-electron chi connectivity index (χ2n) is 7.73. The summed E-state index contributed by atoms with van der Waals surface area (Å²) in [5.41, 5.74) is 4.53. The lowest BCUT2D eigenvalue weighted by Gasteiger charge is -2.16. The standard InChI is InChI=1S/C26H28ClN3/c1-3-5-16-22-23(17-6-4-2)30(18-28-22)26-21-15-11-10-14-20(21)24(25(27)29-26)19-12-8-7-9-13-19/h7-15,18H,3-6,16-17H2,1-2H3. The minimum atomic E-state index is 0.528. The van der Waals surface area contributed by atoms with Crippen LogP contribution in [0.25, 0.3) is 27.7 Å². The van der Waals surface area contributed by atoms with Crippen molar-refractivity contribution in [3.8, 4) is 16.9 Å². The maximum atomic E-state index is 6.80. The Kier molecular flexibility index (Phi) is 6.49. The number of benzene rings is 2. The molecule has 2 aromatic carbocycles. The zero-order chi connectivity index (χ0) is 20.9.